The van der Waals surface area contributed by atoms with Crippen molar-refractivity contribution in [2.75, 3.05) is 19.6 Å². The number of benzene rings is 1. The molecule has 1 saturated heterocycles. The molecule has 3 heterocycles. The molecule has 8 heteroatoms. The van der Waals surface area contributed by atoms with Crippen molar-refractivity contribution in [2.45, 2.75) is 39.2 Å². The summed E-state index contributed by atoms with van der Waals surface area (Å²) in [5.41, 5.74) is 2.11. The van der Waals surface area contributed by atoms with Gasteiger partial charge in [0, 0.05) is 30.5 Å². The Bertz CT molecular complexity index is 1070. The molecule has 0 bridgehead atoms. The quantitative estimate of drug-likeness (QED) is 0.668. The maximum atomic E-state index is 14.1. The van der Waals surface area contributed by atoms with E-state index in [2.05, 4.69) is 15.2 Å². The summed E-state index contributed by atoms with van der Waals surface area (Å²) >= 11 is 0. The number of rotatable bonds is 5. The SMILES string of the molecule is CCN(CC)C(=O)c1cn[nH]c1[C@@H]1CCCCN1C(=O)c1cc2c(F)cccc2[nH]1. The number of hydrogen-bond acceptors (Lipinski definition) is 3. The zero-order valence-corrected chi connectivity index (χ0v) is 17.2. The van der Waals surface area contributed by atoms with E-state index in [9.17, 15) is 14.0 Å². The highest BCUT2D eigenvalue weighted by molar-refractivity contribution is 5.99. The molecule has 2 aromatic heterocycles. The third-order valence-electron chi connectivity index (χ3n) is 5.89. The second kappa shape index (κ2) is 8.30. The molecular formula is C22H26FN5O2. The average Bonchev–Trinajstić information content (AvgIpc) is 3.42. The van der Waals surface area contributed by atoms with Gasteiger partial charge in [-0.3, -0.25) is 14.7 Å². The van der Waals surface area contributed by atoms with Gasteiger partial charge < -0.3 is 14.8 Å². The fourth-order valence-electron chi connectivity index (χ4n) is 4.26. The van der Waals surface area contributed by atoms with Crippen LogP contribution in [0.4, 0.5) is 4.39 Å². The van der Waals surface area contributed by atoms with Gasteiger partial charge in [-0.1, -0.05) is 6.07 Å². The predicted octanol–water partition coefficient (Wildman–Crippen LogP) is 3.88. The van der Waals surface area contributed by atoms with Gasteiger partial charge in [-0.25, -0.2) is 4.39 Å². The highest BCUT2D eigenvalue weighted by Gasteiger charge is 2.34. The largest absolute Gasteiger partial charge is 0.350 e. The van der Waals surface area contributed by atoms with Crippen LogP contribution < -0.4 is 0 Å². The van der Waals surface area contributed by atoms with Crippen molar-refractivity contribution in [3.63, 3.8) is 0 Å². The van der Waals surface area contributed by atoms with E-state index in [1.807, 2.05) is 13.8 Å². The normalized spacial score (nSPS) is 16.8. The van der Waals surface area contributed by atoms with Crippen LogP contribution in [0.1, 0.15) is 65.7 Å². The number of carbonyl (C=O) groups is 2. The van der Waals surface area contributed by atoms with Crippen molar-refractivity contribution in [1.82, 2.24) is 25.0 Å². The van der Waals surface area contributed by atoms with Gasteiger partial charge in [0.15, 0.2) is 0 Å². The highest BCUT2D eigenvalue weighted by Crippen LogP contribution is 2.33. The maximum Gasteiger partial charge on any atom is 0.270 e. The van der Waals surface area contributed by atoms with Crippen LogP contribution in [0.25, 0.3) is 10.9 Å². The van der Waals surface area contributed by atoms with Crippen molar-refractivity contribution in [1.29, 1.82) is 0 Å². The Morgan fingerprint density at radius 1 is 1.27 bits per heavy atom. The van der Waals surface area contributed by atoms with Crippen molar-refractivity contribution < 1.29 is 14.0 Å². The van der Waals surface area contributed by atoms with Gasteiger partial charge in [-0.15, -0.1) is 0 Å². The van der Waals surface area contributed by atoms with Crippen LogP contribution in [0.2, 0.25) is 0 Å². The molecule has 2 N–H and O–H groups in total. The summed E-state index contributed by atoms with van der Waals surface area (Å²) in [6, 6.07) is 6.03. The van der Waals surface area contributed by atoms with Crippen molar-refractivity contribution in [3.05, 3.63) is 53.2 Å². The molecule has 1 aliphatic heterocycles. The number of fused-ring (bicyclic) bond motifs is 1. The lowest BCUT2D eigenvalue weighted by Crippen LogP contribution is -2.40. The number of nitrogens with zero attached hydrogens (tertiary/aromatic N) is 3. The molecule has 0 radical (unpaired) electrons. The first-order chi connectivity index (χ1) is 14.5. The lowest BCUT2D eigenvalue weighted by atomic mass is 9.96. The van der Waals surface area contributed by atoms with Crippen LogP contribution in [0.15, 0.2) is 30.5 Å². The minimum atomic E-state index is -0.362. The van der Waals surface area contributed by atoms with E-state index in [1.165, 1.54) is 6.07 Å². The lowest BCUT2D eigenvalue weighted by molar-refractivity contribution is 0.0592. The maximum absolute atomic E-state index is 14.1. The fourth-order valence-corrected chi connectivity index (χ4v) is 4.26. The van der Waals surface area contributed by atoms with Crippen molar-refractivity contribution >= 4 is 22.7 Å². The minimum Gasteiger partial charge on any atom is -0.350 e. The Morgan fingerprint density at radius 3 is 2.80 bits per heavy atom. The number of aromatic amines is 2. The fraction of sp³-hybridized carbons (Fsp3) is 0.409. The average molecular weight is 411 g/mol. The van der Waals surface area contributed by atoms with Crippen LogP contribution in [0.5, 0.6) is 0 Å². The summed E-state index contributed by atoms with van der Waals surface area (Å²) in [5.74, 6) is -0.654. The molecule has 0 saturated carbocycles. The van der Waals surface area contributed by atoms with Crippen LogP contribution in [0.3, 0.4) is 0 Å². The van der Waals surface area contributed by atoms with Gasteiger partial charge in [-0.05, 0) is 51.3 Å². The number of amides is 2. The summed E-state index contributed by atoms with van der Waals surface area (Å²) in [6.45, 7) is 5.65. The summed E-state index contributed by atoms with van der Waals surface area (Å²) in [5, 5.41) is 7.48. The molecule has 1 aliphatic rings. The van der Waals surface area contributed by atoms with Gasteiger partial charge in [0.05, 0.1) is 23.5 Å². The number of carbonyl (C=O) groups excluding carboxylic acids is 2. The Hall–Kier alpha value is -3.16. The van der Waals surface area contributed by atoms with Crippen molar-refractivity contribution in [3.8, 4) is 0 Å². The Balaban J connectivity index is 1.67. The Kier molecular flexibility index (Phi) is 5.57. The first-order valence-electron chi connectivity index (χ1n) is 10.5. The number of nitrogens with one attached hydrogen (secondary N) is 2. The molecule has 1 fully saturated rings. The number of hydrogen-bond donors (Lipinski definition) is 2. The van der Waals surface area contributed by atoms with E-state index in [-0.39, 0.29) is 23.7 Å². The first-order valence-corrected chi connectivity index (χ1v) is 10.5. The second-order valence-electron chi connectivity index (χ2n) is 7.57. The van der Waals surface area contributed by atoms with E-state index in [0.717, 1.165) is 19.3 Å². The molecule has 0 unspecified atom stereocenters. The molecule has 30 heavy (non-hydrogen) atoms. The first kappa shape index (κ1) is 20.1. The summed E-state index contributed by atoms with van der Waals surface area (Å²) in [7, 11) is 0. The highest BCUT2D eigenvalue weighted by atomic mass is 19.1. The van der Waals surface area contributed by atoms with Crippen LogP contribution in [0, 0.1) is 5.82 Å². The van der Waals surface area contributed by atoms with Gasteiger partial charge in [0.2, 0.25) is 0 Å². The predicted molar refractivity (Wildman–Crippen MR) is 112 cm³/mol. The molecule has 158 valence electrons. The van der Waals surface area contributed by atoms with E-state index >= 15 is 0 Å². The molecule has 7 nitrogen and oxygen atoms in total. The van der Waals surface area contributed by atoms with Gasteiger partial charge >= 0.3 is 0 Å². The molecule has 1 aromatic carbocycles. The monoisotopic (exact) mass is 411 g/mol. The van der Waals surface area contributed by atoms with Crippen LogP contribution >= 0.6 is 0 Å². The Morgan fingerprint density at radius 2 is 2.07 bits per heavy atom. The van der Waals surface area contributed by atoms with Gasteiger partial charge in [-0.2, -0.15) is 5.10 Å². The summed E-state index contributed by atoms with van der Waals surface area (Å²) in [4.78, 5) is 32.8. The van der Waals surface area contributed by atoms with Gasteiger partial charge in [0.25, 0.3) is 11.8 Å². The molecule has 0 aliphatic carbocycles. The van der Waals surface area contributed by atoms with Crippen molar-refractivity contribution in [2.24, 2.45) is 0 Å². The van der Waals surface area contributed by atoms with E-state index < -0.39 is 0 Å². The number of H-pyrrole nitrogens is 2. The number of aromatic nitrogens is 3. The summed E-state index contributed by atoms with van der Waals surface area (Å²) in [6.07, 6.45) is 4.12. The van der Waals surface area contributed by atoms with Crippen LogP contribution in [-0.2, 0) is 0 Å². The van der Waals surface area contributed by atoms with E-state index in [4.69, 9.17) is 0 Å². The number of piperidine rings is 1. The molecule has 3 aromatic rings. The third-order valence-corrected chi connectivity index (χ3v) is 5.89. The zero-order chi connectivity index (χ0) is 21.3. The summed E-state index contributed by atoms with van der Waals surface area (Å²) < 4.78 is 14.1. The number of halogens is 1. The van der Waals surface area contributed by atoms with E-state index in [1.54, 1.807) is 34.2 Å². The second-order valence-corrected chi connectivity index (χ2v) is 7.57. The molecule has 0 spiro atoms. The third kappa shape index (κ3) is 3.46. The molecular weight excluding hydrogens is 385 g/mol. The lowest BCUT2D eigenvalue weighted by Gasteiger charge is -2.35. The number of likely N-dealkylation sites (tertiary alicyclic amines) is 1. The Labute approximate surface area is 174 Å². The molecule has 4 rings (SSSR count). The smallest absolute Gasteiger partial charge is 0.270 e. The molecule has 1 atom stereocenters. The zero-order valence-electron chi connectivity index (χ0n) is 17.2. The van der Waals surface area contributed by atoms with E-state index in [0.29, 0.717) is 47.5 Å². The van der Waals surface area contributed by atoms with Crippen LogP contribution in [-0.4, -0.2) is 56.4 Å². The van der Waals surface area contributed by atoms with Gasteiger partial charge in [0.1, 0.15) is 11.5 Å². The minimum absolute atomic E-state index is 0.0885. The molecule has 2 amide bonds. The topological polar surface area (TPSA) is 85.1 Å². The standard InChI is InChI=1S/C22H26FN5O2/c1-3-27(4-2)21(29)15-13-24-26-20(15)19-10-5-6-11-28(19)22(30)18-12-14-16(23)8-7-9-17(14)25-18/h7-9,12-13,19,25H,3-6,10-11H2,1-2H3,(H,24,26)/t19-/m0/s1.